The van der Waals surface area contributed by atoms with Crippen LogP contribution in [0.5, 0.6) is 11.5 Å². The Bertz CT molecular complexity index is 642. The minimum atomic E-state index is 0.293. The number of benzene rings is 2. The Labute approximate surface area is 144 Å². The molecule has 2 N–H and O–H groups in total. The molecule has 126 valence electrons. The summed E-state index contributed by atoms with van der Waals surface area (Å²) >= 11 is 0. The smallest absolute Gasteiger partial charge is 0.115 e. The fourth-order valence-electron chi connectivity index (χ4n) is 3.87. The SMILES string of the molecule is CCCC(=C(c1ccc(O)cc1)c1ccc(O)cc1)C1CCCC1. The molecule has 1 aliphatic carbocycles. The highest BCUT2D eigenvalue weighted by Gasteiger charge is 2.23. The van der Waals surface area contributed by atoms with E-state index in [0.717, 1.165) is 24.0 Å². The van der Waals surface area contributed by atoms with Crippen molar-refractivity contribution in [3.05, 3.63) is 65.2 Å². The van der Waals surface area contributed by atoms with Gasteiger partial charge < -0.3 is 10.2 Å². The molecule has 1 fully saturated rings. The van der Waals surface area contributed by atoms with Crippen molar-refractivity contribution >= 4 is 5.57 Å². The maximum Gasteiger partial charge on any atom is 0.115 e. The fraction of sp³-hybridized carbons (Fsp3) is 0.364. The Kier molecular flexibility index (Phi) is 5.24. The number of aromatic hydroxyl groups is 2. The summed E-state index contributed by atoms with van der Waals surface area (Å²) in [5.74, 6) is 1.24. The molecular weight excluding hydrogens is 296 g/mol. The summed E-state index contributed by atoms with van der Waals surface area (Å²) in [7, 11) is 0. The molecule has 0 saturated heterocycles. The van der Waals surface area contributed by atoms with Crippen LogP contribution in [0, 0.1) is 5.92 Å². The van der Waals surface area contributed by atoms with Crippen LogP contribution >= 0.6 is 0 Å². The molecule has 1 saturated carbocycles. The summed E-state index contributed by atoms with van der Waals surface area (Å²) in [6, 6.07) is 15.0. The fourth-order valence-corrected chi connectivity index (χ4v) is 3.87. The Morgan fingerprint density at radius 1 is 0.833 bits per heavy atom. The van der Waals surface area contributed by atoms with Crippen LogP contribution in [0.3, 0.4) is 0 Å². The Balaban J connectivity index is 2.16. The van der Waals surface area contributed by atoms with E-state index in [1.807, 2.05) is 24.3 Å². The quantitative estimate of drug-likeness (QED) is 0.720. The van der Waals surface area contributed by atoms with Gasteiger partial charge in [0.1, 0.15) is 11.5 Å². The van der Waals surface area contributed by atoms with Crippen LogP contribution in [0.4, 0.5) is 0 Å². The lowest BCUT2D eigenvalue weighted by Gasteiger charge is -2.21. The zero-order valence-corrected chi connectivity index (χ0v) is 14.3. The van der Waals surface area contributed by atoms with Gasteiger partial charge in [0.05, 0.1) is 0 Å². The zero-order valence-electron chi connectivity index (χ0n) is 14.3. The number of hydrogen-bond donors (Lipinski definition) is 2. The number of rotatable bonds is 5. The third kappa shape index (κ3) is 3.64. The zero-order chi connectivity index (χ0) is 16.9. The van der Waals surface area contributed by atoms with Crippen molar-refractivity contribution in [1.82, 2.24) is 0 Å². The Morgan fingerprint density at radius 3 is 1.71 bits per heavy atom. The second kappa shape index (κ2) is 7.57. The van der Waals surface area contributed by atoms with Gasteiger partial charge in [-0.1, -0.05) is 56.0 Å². The highest BCUT2D eigenvalue weighted by molar-refractivity contribution is 5.82. The average Bonchev–Trinajstić information content (AvgIpc) is 3.12. The number of phenolic OH excluding ortho intramolecular Hbond substituents is 2. The maximum atomic E-state index is 9.65. The van der Waals surface area contributed by atoms with Crippen LogP contribution in [0.1, 0.15) is 56.6 Å². The molecule has 0 unspecified atom stereocenters. The molecule has 0 bridgehead atoms. The molecular formula is C22H26O2. The molecule has 1 aliphatic rings. The molecule has 0 radical (unpaired) electrons. The van der Waals surface area contributed by atoms with Crippen LogP contribution in [-0.2, 0) is 0 Å². The minimum absolute atomic E-state index is 0.293. The Morgan fingerprint density at radius 2 is 1.29 bits per heavy atom. The van der Waals surface area contributed by atoms with Crippen LogP contribution in [-0.4, -0.2) is 10.2 Å². The van der Waals surface area contributed by atoms with Crippen molar-refractivity contribution in [3.8, 4) is 11.5 Å². The van der Waals surface area contributed by atoms with Gasteiger partial charge in [0.25, 0.3) is 0 Å². The second-order valence-electron chi connectivity index (χ2n) is 6.73. The van der Waals surface area contributed by atoms with E-state index in [1.165, 1.54) is 36.8 Å². The lowest BCUT2D eigenvalue weighted by atomic mass is 9.83. The third-order valence-electron chi connectivity index (χ3n) is 5.00. The van der Waals surface area contributed by atoms with Crippen molar-refractivity contribution in [1.29, 1.82) is 0 Å². The van der Waals surface area contributed by atoms with Gasteiger partial charge >= 0.3 is 0 Å². The van der Waals surface area contributed by atoms with E-state index >= 15 is 0 Å². The van der Waals surface area contributed by atoms with Crippen LogP contribution in [0.15, 0.2) is 54.1 Å². The standard InChI is InChI=1S/C22H26O2/c1-2-5-21(16-6-3-4-7-16)22(17-8-12-19(23)13-9-17)18-10-14-20(24)15-11-18/h8-16,23-24H,2-7H2,1H3. The third-order valence-corrected chi connectivity index (χ3v) is 5.00. The molecule has 2 heteroatoms. The van der Waals surface area contributed by atoms with Gasteiger partial charge in [-0.3, -0.25) is 0 Å². The molecule has 24 heavy (non-hydrogen) atoms. The van der Waals surface area contributed by atoms with Crippen LogP contribution in [0.25, 0.3) is 5.57 Å². The summed E-state index contributed by atoms with van der Waals surface area (Å²) in [6.45, 7) is 2.24. The highest BCUT2D eigenvalue weighted by atomic mass is 16.3. The van der Waals surface area contributed by atoms with E-state index in [2.05, 4.69) is 6.92 Å². The molecule has 0 atom stereocenters. The Hall–Kier alpha value is -2.22. The first kappa shape index (κ1) is 16.6. The van der Waals surface area contributed by atoms with Crippen molar-refractivity contribution in [2.45, 2.75) is 45.4 Å². The van der Waals surface area contributed by atoms with E-state index in [0.29, 0.717) is 17.4 Å². The van der Waals surface area contributed by atoms with E-state index in [9.17, 15) is 10.2 Å². The second-order valence-corrected chi connectivity index (χ2v) is 6.73. The summed E-state index contributed by atoms with van der Waals surface area (Å²) in [5.41, 5.74) is 5.11. The molecule has 0 heterocycles. The number of allylic oxidation sites excluding steroid dienone is 1. The van der Waals surface area contributed by atoms with Crippen LogP contribution < -0.4 is 0 Å². The monoisotopic (exact) mass is 322 g/mol. The first-order valence-corrected chi connectivity index (χ1v) is 9.01. The summed E-state index contributed by atoms with van der Waals surface area (Å²) in [6.07, 6.45) is 7.41. The van der Waals surface area contributed by atoms with Crippen molar-refractivity contribution in [2.75, 3.05) is 0 Å². The molecule has 2 aromatic carbocycles. The predicted molar refractivity (Wildman–Crippen MR) is 99.1 cm³/mol. The van der Waals surface area contributed by atoms with Gasteiger partial charge in [0, 0.05) is 0 Å². The first-order valence-electron chi connectivity index (χ1n) is 9.01. The van der Waals surface area contributed by atoms with E-state index in [-0.39, 0.29) is 0 Å². The van der Waals surface area contributed by atoms with E-state index < -0.39 is 0 Å². The van der Waals surface area contributed by atoms with E-state index in [1.54, 1.807) is 24.3 Å². The largest absolute Gasteiger partial charge is 0.508 e. The predicted octanol–water partition coefficient (Wildman–Crippen LogP) is 5.89. The minimum Gasteiger partial charge on any atom is -0.508 e. The topological polar surface area (TPSA) is 40.5 Å². The van der Waals surface area contributed by atoms with Crippen molar-refractivity contribution in [2.24, 2.45) is 5.92 Å². The molecule has 0 aromatic heterocycles. The van der Waals surface area contributed by atoms with Gasteiger partial charge in [0.15, 0.2) is 0 Å². The molecule has 0 spiro atoms. The lowest BCUT2D eigenvalue weighted by Crippen LogP contribution is -2.04. The number of hydrogen-bond acceptors (Lipinski definition) is 2. The average molecular weight is 322 g/mol. The van der Waals surface area contributed by atoms with Gasteiger partial charge in [-0.2, -0.15) is 0 Å². The van der Waals surface area contributed by atoms with Gasteiger partial charge in [-0.25, -0.2) is 0 Å². The van der Waals surface area contributed by atoms with E-state index in [4.69, 9.17) is 0 Å². The maximum absolute atomic E-state index is 9.65. The summed E-state index contributed by atoms with van der Waals surface area (Å²) in [5, 5.41) is 19.3. The molecule has 3 rings (SSSR count). The summed E-state index contributed by atoms with van der Waals surface area (Å²) < 4.78 is 0. The molecule has 2 nitrogen and oxygen atoms in total. The van der Waals surface area contributed by atoms with Gasteiger partial charge in [0.2, 0.25) is 0 Å². The van der Waals surface area contributed by atoms with Crippen LogP contribution in [0.2, 0.25) is 0 Å². The molecule has 0 aliphatic heterocycles. The summed E-state index contributed by atoms with van der Waals surface area (Å²) in [4.78, 5) is 0. The lowest BCUT2D eigenvalue weighted by molar-refractivity contribution is 0.475. The van der Waals surface area contributed by atoms with Gasteiger partial charge in [-0.05, 0) is 66.1 Å². The number of phenols is 2. The van der Waals surface area contributed by atoms with Gasteiger partial charge in [-0.15, -0.1) is 0 Å². The first-order chi connectivity index (χ1) is 11.7. The van der Waals surface area contributed by atoms with Crippen molar-refractivity contribution in [3.63, 3.8) is 0 Å². The normalized spacial score (nSPS) is 14.7. The highest BCUT2D eigenvalue weighted by Crippen LogP contribution is 2.40. The van der Waals surface area contributed by atoms with Crippen molar-refractivity contribution < 1.29 is 10.2 Å². The molecule has 0 amide bonds. The molecule has 2 aromatic rings.